The number of alkyl halides is 6. The largest absolute Gasteiger partial charge is 0.411 e. The van der Waals surface area contributed by atoms with Crippen molar-refractivity contribution in [2.24, 2.45) is 0 Å². The van der Waals surface area contributed by atoms with Crippen molar-refractivity contribution in [3.05, 3.63) is 99.1 Å². The molecule has 0 radical (unpaired) electrons. The van der Waals surface area contributed by atoms with Gasteiger partial charge in [0, 0.05) is 7.05 Å². The van der Waals surface area contributed by atoms with Crippen molar-refractivity contribution < 1.29 is 45.5 Å². The second kappa shape index (κ2) is 8.51. The molecule has 0 atom stereocenters. The number of hydrogen-bond acceptors (Lipinski definition) is 4. The highest BCUT2D eigenvalue weighted by Crippen LogP contribution is 2.57. The number of anilines is 1. The number of carbonyl (C=O) groups is 4. The van der Waals surface area contributed by atoms with Crippen LogP contribution in [-0.2, 0) is 5.41 Å². The van der Waals surface area contributed by atoms with Crippen LogP contribution in [-0.4, -0.2) is 47.9 Å². The van der Waals surface area contributed by atoms with Crippen molar-refractivity contribution in [3.8, 4) is 0 Å². The molecule has 0 aliphatic carbocycles. The lowest BCUT2D eigenvalue weighted by Crippen LogP contribution is -2.55. The van der Waals surface area contributed by atoms with Gasteiger partial charge in [-0.2, -0.15) is 26.3 Å². The summed E-state index contributed by atoms with van der Waals surface area (Å²) < 4.78 is 88.6. The zero-order valence-electron chi connectivity index (χ0n) is 21.0. The molecule has 0 bridgehead atoms. The third-order valence-electron chi connectivity index (χ3n) is 7.51. The zero-order valence-corrected chi connectivity index (χ0v) is 21.0. The average Bonchev–Trinajstić information content (AvgIpc) is 3.24. The van der Waals surface area contributed by atoms with Crippen molar-refractivity contribution in [1.82, 2.24) is 4.90 Å². The lowest BCUT2D eigenvalue weighted by atomic mass is 9.71. The smallest absolute Gasteiger partial charge is 0.277 e. The summed E-state index contributed by atoms with van der Waals surface area (Å²) in [5, 5.41) is 0. The van der Waals surface area contributed by atoms with Crippen molar-refractivity contribution in [1.29, 1.82) is 0 Å². The zero-order chi connectivity index (χ0) is 29.5. The van der Waals surface area contributed by atoms with Crippen LogP contribution in [0.25, 0.3) is 0 Å². The summed E-state index contributed by atoms with van der Waals surface area (Å²) in [6.45, 7) is 3.33. The van der Waals surface area contributed by atoms with Gasteiger partial charge in [-0.25, -0.2) is 4.90 Å². The number of hydrogen-bond donors (Lipinski definition) is 0. The number of aryl methyl sites for hydroxylation is 1. The fourth-order valence-electron chi connectivity index (χ4n) is 5.25. The number of rotatable bonds is 3. The number of halogens is 6. The van der Waals surface area contributed by atoms with Crippen LogP contribution < -0.4 is 4.90 Å². The van der Waals surface area contributed by atoms with E-state index in [9.17, 15) is 45.5 Å². The van der Waals surface area contributed by atoms with Gasteiger partial charge in [0.2, 0.25) is 5.41 Å². The fraction of sp³-hybridized carbons (Fsp3) is 0.214. The summed E-state index contributed by atoms with van der Waals surface area (Å²) in [6, 6.07) is 8.04. The first-order chi connectivity index (χ1) is 18.5. The standard InChI is InChI=1S/C28H18F6N2O4/c1-13-5-4-6-21(14(13)2)36-24(39)18-10-8-16(12-20(18)25(36)40)26(27(29,30)31,28(32,33)34)15-7-9-17-19(11-15)23(38)35(3)22(17)37/h4-12H,1-3H3. The highest BCUT2D eigenvalue weighted by atomic mass is 19.4. The molecule has 40 heavy (non-hydrogen) atoms. The number of fused-ring (bicyclic) bond motifs is 2. The van der Waals surface area contributed by atoms with Gasteiger partial charge < -0.3 is 0 Å². The molecule has 2 heterocycles. The van der Waals surface area contributed by atoms with E-state index in [2.05, 4.69) is 0 Å². The summed E-state index contributed by atoms with van der Waals surface area (Å²) in [4.78, 5) is 52.4. The molecule has 3 aromatic carbocycles. The van der Waals surface area contributed by atoms with Crippen LogP contribution in [0.4, 0.5) is 32.0 Å². The Morgan fingerprint density at radius 1 is 0.600 bits per heavy atom. The maximum atomic E-state index is 14.8. The number of benzene rings is 3. The number of amides is 4. The summed E-state index contributed by atoms with van der Waals surface area (Å²) in [6.07, 6.45) is -12.0. The Bertz CT molecular complexity index is 1640. The Morgan fingerprint density at radius 2 is 1.05 bits per heavy atom. The molecule has 4 amide bonds. The molecule has 0 unspecified atom stereocenters. The molecule has 0 N–H and O–H groups in total. The molecule has 2 aliphatic rings. The van der Waals surface area contributed by atoms with Crippen molar-refractivity contribution in [2.75, 3.05) is 11.9 Å². The van der Waals surface area contributed by atoms with E-state index in [0.717, 1.165) is 24.1 Å². The minimum Gasteiger partial charge on any atom is -0.277 e. The van der Waals surface area contributed by atoms with Gasteiger partial charge in [-0.1, -0.05) is 24.3 Å². The maximum absolute atomic E-state index is 14.8. The number of imide groups is 2. The van der Waals surface area contributed by atoms with Crippen molar-refractivity contribution in [3.63, 3.8) is 0 Å². The summed E-state index contributed by atoms with van der Waals surface area (Å²) in [7, 11) is 1.05. The summed E-state index contributed by atoms with van der Waals surface area (Å²) in [5.74, 6) is -3.90. The van der Waals surface area contributed by atoms with E-state index >= 15 is 0 Å². The van der Waals surface area contributed by atoms with Crippen LogP contribution in [0.15, 0.2) is 54.6 Å². The van der Waals surface area contributed by atoms with E-state index in [0.29, 0.717) is 40.3 Å². The molecule has 5 rings (SSSR count). The molecule has 3 aromatic rings. The van der Waals surface area contributed by atoms with Crippen LogP contribution >= 0.6 is 0 Å². The second-order valence-electron chi connectivity index (χ2n) is 9.60. The second-order valence-corrected chi connectivity index (χ2v) is 9.60. The molecule has 0 spiro atoms. The van der Waals surface area contributed by atoms with Gasteiger partial charge in [-0.05, 0) is 66.4 Å². The molecule has 0 fully saturated rings. The minimum atomic E-state index is -6.02. The average molecular weight is 560 g/mol. The third kappa shape index (κ3) is 3.44. The predicted molar refractivity (Wildman–Crippen MR) is 129 cm³/mol. The van der Waals surface area contributed by atoms with E-state index in [1.807, 2.05) is 0 Å². The Labute approximate surface area is 222 Å². The molecule has 0 aromatic heterocycles. The molecular weight excluding hydrogens is 542 g/mol. The van der Waals surface area contributed by atoms with Crippen LogP contribution in [0.5, 0.6) is 0 Å². The lowest BCUT2D eigenvalue weighted by molar-refractivity contribution is -0.288. The van der Waals surface area contributed by atoms with E-state index in [4.69, 9.17) is 0 Å². The maximum Gasteiger partial charge on any atom is 0.411 e. The Hall–Kier alpha value is -4.48. The predicted octanol–water partition coefficient (Wildman–Crippen LogP) is 5.74. The van der Waals surface area contributed by atoms with Gasteiger partial charge in [0.15, 0.2) is 0 Å². The quantitative estimate of drug-likeness (QED) is 0.303. The van der Waals surface area contributed by atoms with Crippen LogP contribution in [0.3, 0.4) is 0 Å². The van der Waals surface area contributed by atoms with E-state index in [1.54, 1.807) is 26.0 Å². The van der Waals surface area contributed by atoms with Gasteiger partial charge in [0.25, 0.3) is 23.6 Å². The van der Waals surface area contributed by atoms with Gasteiger partial charge in [0.1, 0.15) is 0 Å². The Kier molecular flexibility index (Phi) is 5.76. The first-order valence-electron chi connectivity index (χ1n) is 11.7. The molecular formula is C28H18F6N2O4. The number of nitrogens with zero attached hydrogens (tertiary/aromatic N) is 2. The van der Waals surface area contributed by atoms with E-state index in [1.165, 1.54) is 6.07 Å². The van der Waals surface area contributed by atoms with E-state index < -0.39 is 63.7 Å². The molecule has 6 nitrogen and oxygen atoms in total. The molecule has 12 heteroatoms. The van der Waals surface area contributed by atoms with Crippen molar-refractivity contribution >= 4 is 29.3 Å². The summed E-state index contributed by atoms with van der Waals surface area (Å²) in [5.41, 5.74) is -8.01. The number of carbonyl (C=O) groups excluding carboxylic acids is 4. The monoisotopic (exact) mass is 560 g/mol. The van der Waals surface area contributed by atoms with E-state index in [-0.39, 0.29) is 16.8 Å². The van der Waals surface area contributed by atoms with Gasteiger partial charge in [0.05, 0.1) is 27.9 Å². The first-order valence-corrected chi connectivity index (χ1v) is 11.7. The Morgan fingerprint density at radius 3 is 1.57 bits per heavy atom. The SMILES string of the molecule is Cc1cccc(N2C(=O)c3ccc(C(c4ccc5c(c4)C(=O)N(C)C5=O)(C(F)(F)F)C(F)(F)F)cc3C2=O)c1C. The van der Waals surface area contributed by atoms with Gasteiger partial charge >= 0.3 is 12.4 Å². The molecule has 0 saturated heterocycles. The molecule has 206 valence electrons. The first kappa shape index (κ1) is 27.1. The molecule has 2 aliphatic heterocycles. The highest BCUT2D eigenvalue weighted by molar-refractivity contribution is 6.34. The van der Waals surface area contributed by atoms with Crippen LogP contribution in [0, 0.1) is 13.8 Å². The fourth-order valence-corrected chi connectivity index (χ4v) is 5.25. The van der Waals surface area contributed by atoms with Crippen LogP contribution in [0.2, 0.25) is 0 Å². The summed E-state index contributed by atoms with van der Waals surface area (Å²) >= 11 is 0. The van der Waals surface area contributed by atoms with Gasteiger partial charge in [-0.15, -0.1) is 0 Å². The normalized spacial score (nSPS) is 15.7. The topological polar surface area (TPSA) is 74.8 Å². The highest BCUT2D eigenvalue weighted by Gasteiger charge is 2.73. The van der Waals surface area contributed by atoms with Crippen LogP contribution in [0.1, 0.15) is 63.7 Å². The minimum absolute atomic E-state index is 0.150. The lowest BCUT2D eigenvalue weighted by Gasteiger charge is -2.38. The molecule has 0 saturated carbocycles. The van der Waals surface area contributed by atoms with Crippen molar-refractivity contribution in [2.45, 2.75) is 31.6 Å². The third-order valence-corrected chi connectivity index (χ3v) is 7.51. The Balaban J connectivity index is 1.75. The van der Waals surface area contributed by atoms with Gasteiger partial charge in [-0.3, -0.25) is 24.1 Å².